The van der Waals surface area contributed by atoms with Crippen molar-refractivity contribution < 1.29 is 28.6 Å². The van der Waals surface area contributed by atoms with E-state index in [2.05, 4.69) is 47.7 Å². The second kappa shape index (κ2) is 14.8. The second-order valence-electron chi connectivity index (χ2n) is 13.2. The lowest BCUT2D eigenvalue weighted by Crippen LogP contribution is -2.50. The van der Waals surface area contributed by atoms with Gasteiger partial charge in [0.15, 0.2) is 8.32 Å². The lowest BCUT2D eigenvalue weighted by atomic mass is 9.88. The molecule has 2 aromatic carbocycles. The van der Waals surface area contributed by atoms with Gasteiger partial charge in [0.25, 0.3) is 0 Å². The molecule has 3 rings (SSSR count). The molecule has 0 aliphatic carbocycles. The molecule has 1 fully saturated rings. The van der Waals surface area contributed by atoms with Crippen LogP contribution in [0.15, 0.2) is 60.7 Å². The molecule has 6 atom stereocenters. The van der Waals surface area contributed by atoms with Gasteiger partial charge in [-0.15, -0.1) is 0 Å². The van der Waals surface area contributed by atoms with Crippen LogP contribution in [-0.2, 0) is 31.7 Å². The smallest absolute Gasteiger partial charge is 0.416 e. The number of hydrogen-bond donors (Lipinski definition) is 1. The molecule has 0 aromatic heterocycles. The molecule has 7 nitrogen and oxygen atoms in total. The zero-order valence-electron chi connectivity index (χ0n) is 26.7. The number of nitrogens with zero attached hydrogens (tertiary/aromatic N) is 1. The Morgan fingerprint density at radius 2 is 1.60 bits per heavy atom. The van der Waals surface area contributed by atoms with Crippen LogP contribution in [0.4, 0.5) is 4.79 Å². The summed E-state index contributed by atoms with van der Waals surface area (Å²) in [5.74, 6) is -1.26. The Kier molecular flexibility index (Phi) is 12.0. The molecule has 0 unspecified atom stereocenters. The summed E-state index contributed by atoms with van der Waals surface area (Å²) in [5.41, 5.74) is 2.12. The lowest BCUT2D eigenvalue weighted by molar-refractivity contribution is -0.137. The first-order valence-electron chi connectivity index (χ1n) is 15.3. The second-order valence-corrected chi connectivity index (χ2v) is 18.0. The number of carbonyl (C=O) groups is 2. The van der Waals surface area contributed by atoms with E-state index in [1.807, 2.05) is 60.7 Å². The van der Waals surface area contributed by atoms with Gasteiger partial charge in [-0.2, -0.15) is 0 Å². The highest BCUT2D eigenvalue weighted by Crippen LogP contribution is 2.40. The number of amides is 2. The minimum absolute atomic E-state index is 0.0338. The number of aliphatic hydroxyl groups excluding tert-OH is 1. The van der Waals surface area contributed by atoms with E-state index in [0.29, 0.717) is 13.0 Å². The average Bonchev–Trinajstić information content (AvgIpc) is 3.31. The zero-order chi connectivity index (χ0) is 31.1. The van der Waals surface area contributed by atoms with Gasteiger partial charge >= 0.3 is 6.09 Å². The Morgan fingerprint density at radius 3 is 2.14 bits per heavy atom. The van der Waals surface area contributed by atoms with E-state index in [-0.39, 0.29) is 36.2 Å². The molecule has 1 saturated heterocycles. The maximum Gasteiger partial charge on any atom is 0.416 e. The molecule has 1 heterocycles. The average molecular weight is 598 g/mol. The van der Waals surface area contributed by atoms with Gasteiger partial charge < -0.3 is 19.0 Å². The van der Waals surface area contributed by atoms with Crippen LogP contribution in [0.5, 0.6) is 0 Å². The van der Waals surface area contributed by atoms with Crippen LogP contribution in [0.25, 0.3) is 0 Å². The Hall–Kier alpha value is -2.52. The number of imide groups is 1. The van der Waals surface area contributed by atoms with Crippen LogP contribution in [0.1, 0.15) is 65.5 Å². The van der Waals surface area contributed by atoms with Crippen molar-refractivity contribution in [1.29, 1.82) is 0 Å². The number of rotatable bonds is 14. The van der Waals surface area contributed by atoms with Crippen LogP contribution in [0.2, 0.25) is 18.1 Å². The summed E-state index contributed by atoms with van der Waals surface area (Å²) in [7, 11) is -2.23. The first-order chi connectivity index (χ1) is 19.7. The van der Waals surface area contributed by atoms with Gasteiger partial charge in [-0.25, -0.2) is 9.69 Å². The molecule has 2 aromatic rings. The third-order valence-electron chi connectivity index (χ3n) is 9.09. The predicted molar refractivity (Wildman–Crippen MR) is 168 cm³/mol. The van der Waals surface area contributed by atoms with Gasteiger partial charge in [0.1, 0.15) is 6.61 Å². The van der Waals surface area contributed by atoms with Gasteiger partial charge in [-0.1, -0.05) is 102 Å². The van der Waals surface area contributed by atoms with Crippen LogP contribution in [-0.4, -0.2) is 61.3 Å². The SMILES string of the molecule is CC[C@@H](OCc1ccccc1)[C@H](C)[C@H](C[C@@H](O)[C@H](C)C(=O)N1C(=O)OC[C@@H]1Cc1ccccc1)O[Si](C)(C)C(C)(C)C. The predicted octanol–water partition coefficient (Wildman–Crippen LogP) is 6.99. The summed E-state index contributed by atoms with van der Waals surface area (Å²) < 4.78 is 18.6. The quantitative estimate of drug-likeness (QED) is 0.236. The summed E-state index contributed by atoms with van der Waals surface area (Å²) in [6.45, 7) is 17.5. The molecule has 0 bridgehead atoms. The Bertz CT molecular complexity index is 1140. The van der Waals surface area contributed by atoms with E-state index in [1.165, 1.54) is 4.90 Å². The molecule has 232 valence electrons. The largest absolute Gasteiger partial charge is 0.447 e. The van der Waals surface area contributed by atoms with Crippen molar-refractivity contribution in [2.24, 2.45) is 11.8 Å². The highest BCUT2D eigenvalue weighted by atomic mass is 28.4. The number of ether oxygens (including phenoxy) is 2. The first kappa shape index (κ1) is 34.0. The molecule has 1 aliphatic rings. The van der Waals surface area contributed by atoms with E-state index >= 15 is 0 Å². The number of cyclic esters (lactones) is 1. The summed E-state index contributed by atoms with van der Waals surface area (Å²) in [5, 5.41) is 11.5. The van der Waals surface area contributed by atoms with Gasteiger partial charge in [-0.05, 0) is 48.5 Å². The third kappa shape index (κ3) is 8.75. The van der Waals surface area contributed by atoms with Gasteiger partial charge in [-0.3, -0.25) is 4.79 Å². The Balaban J connectivity index is 1.77. The van der Waals surface area contributed by atoms with Crippen molar-refractivity contribution in [3.63, 3.8) is 0 Å². The topological polar surface area (TPSA) is 85.3 Å². The summed E-state index contributed by atoms with van der Waals surface area (Å²) in [6, 6.07) is 19.4. The molecule has 2 amide bonds. The fourth-order valence-electron chi connectivity index (χ4n) is 5.18. The van der Waals surface area contributed by atoms with Gasteiger partial charge in [0.2, 0.25) is 5.91 Å². The molecule has 0 radical (unpaired) electrons. The number of aliphatic hydroxyl groups is 1. The highest BCUT2D eigenvalue weighted by Gasteiger charge is 2.44. The van der Waals surface area contributed by atoms with E-state index in [1.54, 1.807) is 6.92 Å². The van der Waals surface area contributed by atoms with Gasteiger partial charge in [0.05, 0.1) is 36.9 Å². The zero-order valence-corrected chi connectivity index (χ0v) is 27.7. The number of carbonyl (C=O) groups excluding carboxylic acids is 2. The van der Waals surface area contributed by atoms with Crippen molar-refractivity contribution in [1.82, 2.24) is 4.90 Å². The van der Waals surface area contributed by atoms with E-state index in [9.17, 15) is 14.7 Å². The van der Waals surface area contributed by atoms with Crippen LogP contribution in [0, 0.1) is 11.8 Å². The first-order valence-corrected chi connectivity index (χ1v) is 18.2. The molecule has 8 heteroatoms. The van der Waals surface area contributed by atoms with Crippen molar-refractivity contribution in [3.05, 3.63) is 71.8 Å². The fraction of sp³-hybridized carbons (Fsp3) is 0.588. The molecule has 1 aliphatic heterocycles. The van der Waals surface area contributed by atoms with E-state index in [0.717, 1.165) is 17.5 Å². The van der Waals surface area contributed by atoms with Crippen molar-refractivity contribution in [2.75, 3.05) is 6.61 Å². The fourth-order valence-corrected chi connectivity index (χ4v) is 6.60. The Labute approximate surface area is 253 Å². The van der Waals surface area contributed by atoms with Crippen LogP contribution in [0.3, 0.4) is 0 Å². The van der Waals surface area contributed by atoms with Crippen molar-refractivity contribution in [3.8, 4) is 0 Å². The summed E-state index contributed by atoms with van der Waals surface area (Å²) >= 11 is 0. The van der Waals surface area contributed by atoms with E-state index in [4.69, 9.17) is 13.9 Å². The molecular weight excluding hydrogens is 546 g/mol. The Morgan fingerprint density at radius 1 is 1.02 bits per heavy atom. The lowest BCUT2D eigenvalue weighted by Gasteiger charge is -2.43. The molecule has 42 heavy (non-hydrogen) atoms. The molecular formula is C34H51NO6Si. The standard InChI is InChI=1S/C34H51NO6Si/c1-9-30(39-22-27-18-14-11-15-19-27)25(3)31(41-42(7,8)34(4,5)6)21-29(36)24(2)32(37)35-28(23-40-33(35)38)20-26-16-12-10-13-17-26/h10-19,24-25,28-31,36H,9,20-23H2,1-8H3/t24-,25-,28-,29+,30+,31-/m0/s1. The van der Waals surface area contributed by atoms with Crippen molar-refractivity contribution in [2.45, 2.75) is 110 Å². The summed E-state index contributed by atoms with van der Waals surface area (Å²) in [6.07, 6.45) is -0.527. The third-order valence-corrected chi connectivity index (χ3v) is 13.6. The maximum atomic E-state index is 13.7. The minimum Gasteiger partial charge on any atom is -0.447 e. The highest BCUT2D eigenvalue weighted by molar-refractivity contribution is 6.74. The minimum atomic E-state index is -2.23. The molecule has 0 spiro atoms. The van der Waals surface area contributed by atoms with E-state index < -0.39 is 38.4 Å². The monoisotopic (exact) mass is 597 g/mol. The maximum absolute atomic E-state index is 13.7. The number of benzene rings is 2. The van der Waals surface area contributed by atoms with Gasteiger partial charge in [0, 0.05) is 5.92 Å². The van der Waals surface area contributed by atoms with Crippen LogP contribution < -0.4 is 0 Å². The molecule has 1 N–H and O–H groups in total. The molecule has 0 saturated carbocycles. The van der Waals surface area contributed by atoms with Crippen molar-refractivity contribution >= 4 is 20.3 Å². The normalized spacial score (nSPS) is 19.6. The number of hydrogen-bond acceptors (Lipinski definition) is 6. The summed E-state index contributed by atoms with van der Waals surface area (Å²) in [4.78, 5) is 27.5. The van der Waals surface area contributed by atoms with Crippen LogP contribution >= 0.6 is 0 Å².